The molecule has 5 heteroatoms. The van der Waals surface area contributed by atoms with Crippen LogP contribution in [0.5, 0.6) is 5.75 Å². The van der Waals surface area contributed by atoms with Crippen molar-refractivity contribution in [2.75, 3.05) is 0 Å². The number of nitrogens with one attached hydrogen (secondary N) is 1. The Morgan fingerprint density at radius 2 is 1.75 bits per heavy atom. The fourth-order valence-corrected chi connectivity index (χ4v) is 4.60. The summed E-state index contributed by atoms with van der Waals surface area (Å²) in [6, 6.07) is 15.2. The van der Waals surface area contributed by atoms with Gasteiger partial charge in [-0.2, -0.15) is 0 Å². The van der Waals surface area contributed by atoms with Crippen molar-refractivity contribution in [3.63, 3.8) is 0 Å². The van der Waals surface area contributed by atoms with Crippen LogP contribution < -0.4 is 15.4 Å². The number of halogens is 1. The van der Waals surface area contributed by atoms with E-state index in [1.54, 1.807) is 18.2 Å². The monoisotopic (exact) mass is 401 g/mol. The van der Waals surface area contributed by atoms with Gasteiger partial charge in [0.1, 0.15) is 12.4 Å². The van der Waals surface area contributed by atoms with Crippen molar-refractivity contribution in [2.45, 2.75) is 64.3 Å². The largest absolute Gasteiger partial charge is 0.488 e. The molecule has 0 aliphatic carbocycles. The van der Waals surface area contributed by atoms with E-state index in [9.17, 15) is 4.79 Å². The zero-order valence-corrected chi connectivity index (χ0v) is 17.8. The van der Waals surface area contributed by atoms with Crippen molar-refractivity contribution < 1.29 is 14.8 Å². The maximum atomic E-state index is 13.1. The van der Waals surface area contributed by atoms with Crippen molar-refractivity contribution in [3.05, 3.63) is 64.7 Å². The minimum atomic E-state index is -0.135. The van der Waals surface area contributed by atoms with E-state index in [2.05, 4.69) is 38.3 Å². The number of ether oxygens (including phenoxy) is 1. The van der Waals surface area contributed by atoms with Gasteiger partial charge in [0, 0.05) is 23.9 Å². The third-order valence-electron chi connectivity index (χ3n) is 5.09. The molecule has 1 aliphatic heterocycles. The van der Waals surface area contributed by atoms with Gasteiger partial charge in [0.15, 0.2) is 0 Å². The van der Waals surface area contributed by atoms with Gasteiger partial charge in [0.05, 0.1) is 16.6 Å². The maximum absolute atomic E-state index is 13.1. The fourth-order valence-electron chi connectivity index (χ4n) is 4.42. The number of nitrogens with two attached hydrogens (primary N) is 1. The van der Waals surface area contributed by atoms with E-state index in [1.807, 2.05) is 30.3 Å². The lowest BCUT2D eigenvalue weighted by Gasteiger charge is -2.43. The van der Waals surface area contributed by atoms with E-state index < -0.39 is 0 Å². The molecule has 2 aromatic rings. The van der Waals surface area contributed by atoms with Crippen LogP contribution in [0.15, 0.2) is 48.5 Å². The van der Waals surface area contributed by atoms with Gasteiger partial charge in [0.25, 0.3) is 5.91 Å². The van der Waals surface area contributed by atoms with E-state index in [0.29, 0.717) is 22.9 Å². The average Bonchev–Trinajstić information content (AvgIpc) is 2.58. The molecule has 3 rings (SSSR count). The summed E-state index contributed by atoms with van der Waals surface area (Å²) < 4.78 is 5.94. The zero-order chi connectivity index (χ0) is 20.4. The Hall–Kier alpha value is -2.04. The number of hydrogen-bond acceptors (Lipinski definition) is 2. The topological polar surface area (TPSA) is 54.9 Å². The Labute approximate surface area is 172 Å². The van der Waals surface area contributed by atoms with Crippen LogP contribution in [-0.4, -0.2) is 23.0 Å². The summed E-state index contributed by atoms with van der Waals surface area (Å²) in [6.07, 6.45) is 1.84. The van der Waals surface area contributed by atoms with Gasteiger partial charge in [-0.25, -0.2) is 0 Å². The first-order valence-electron chi connectivity index (χ1n) is 9.78. The molecule has 1 aliphatic rings. The first-order chi connectivity index (χ1) is 13.1. The number of benzene rings is 2. The van der Waals surface area contributed by atoms with E-state index in [0.717, 1.165) is 18.4 Å². The molecule has 0 atom stereocenters. The molecule has 1 heterocycles. The number of piperidine rings is 1. The highest BCUT2D eigenvalue weighted by Crippen LogP contribution is 2.26. The number of carbonyl (C=O) groups excluding carboxylic acids is 1. The molecule has 0 aromatic heterocycles. The van der Waals surface area contributed by atoms with Crippen LogP contribution in [0.3, 0.4) is 0 Å². The summed E-state index contributed by atoms with van der Waals surface area (Å²) >= 11 is 6.17. The molecule has 2 aromatic carbocycles. The fraction of sp³-hybridized carbons (Fsp3) is 0.435. The molecule has 1 fully saturated rings. The molecule has 1 saturated heterocycles. The minimum Gasteiger partial charge on any atom is -0.488 e. The smallest absolute Gasteiger partial charge is 0.255 e. The van der Waals surface area contributed by atoms with Gasteiger partial charge < -0.3 is 15.4 Å². The lowest BCUT2D eigenvalue weighted by Crippen LogP contribution is -3.06. The van der Waals surface area contributed by atoms with Crippen LogP contribution in [0.25, 0.3) is 0 Å². The zero-order valence-electron chi connectivity index (χ0n) is 17.1. The second-order valence-corrected chi connectivity index (χ2v) is 9.55. The third-order valence-corrected chi connectivity index (χ3v) is 5.32. The lowest BCUT2D eigenvalue weighted by molar-refractivity contribution is -0.787. The van der Waals surface area contributed by atoms with E-state index in [1.165, 1.54) is 0 Å². The van der Waals surface area contributed by atoms with Gasteiger partial charge in [0.2, 0.25) is 0 Å². The molecule has 0 bridgehead atoms. The molecule has 0 radical (unpaired) electrons. The number of rotatable bonds is 5. The highest BCUT2D eigenvalue weighted by atomic mass is 35.5. The molecule has 3 N–H and O–H groups in total. The van der Waals surface area contributed by atoms with Crippen LogP contribution in [-0.2, 0) is 6.61 Å². The summed E-state index contributed by atoms with van der Waals surface area (Å²) in [5, 5.41) is 6.14. The highest BCUT2D eigenvalue weighted by molar-refractivity contribution is 6.31. The van der Waals surface area contributed by atoms with E-state index in [4.69, 9.17) is 16.3 Å². The molecular weight excluding hydrogens is 372 g/mol. The Morgan fingerprint density at radius 1 is 1.11 bits per heavy atom. The average molecular weight is 402 g/mol. The maximum Gasteiger partial charge on any atom is 0.255 e. The quantitative estimate of drug-likeness (QED) is 0.797. The first-order valence-corrected chi connectivity index (χ1v) is 10.2. The summed E-state index contributed by atoms with van der Waals surface area (Å²) in [6.45, 7) is 9.30. The van der Waals surface area contributed by atoms with Crippen LogP contribution in [0.2, 0.25) is 5.02 Å². The van der Waals surface area contributed by atoms with Crippen molar-refractivity contribution in [1.82, 2.24) is 5.32 Å². The normalized spacial score (nSPS) is 18.5. The first kappa shape index (κ1) is 20.7. The Balaban J connectivity index is 1.74. The molecule has 1 amide bonds. The lowest BCUT2D eigenvalue weighted by atomic mass is 9.79. The molecule has 0 spiro atoms. The predicted octanol–water partition coefficient (Wildman–Crippen LogP) is 3.93. The van der Waals surface area contributed by atoms with Crippen molar-refractivity contribution in [1.29, 1.82) is 0 Å². The van der Waals surface area contributed by atoms with Crippen molar-refractivity contribution in [3.8, 4) is 5.75 Å². The summed E-state index contributed by atoms with van der Waals surface area (Å²) in [5.41, 5.74) is 1.70. The molecular formula is C23H30ClN2O2+. The van der Waals surface area contributed by atoms with Gasteiger partial charge >= 0.3 is 0 Å². The highest BCUT2D eigenvalue weighted by Gasteiger charge is 2.42. The van der Waals surface area contributed by atoms with Gasteiger partial charge in [-0.3, -0.25) is 4.79 Å². The summed E-state index contributed by atoms with van der Waals surface area (Å²) in [4.78, 5) is 13.1. The van der Waals surface area contributed by atoms with Crippen molar-refractivity contribution >= 4 is 17.5 Å². The molecule has 150 valence electrons. The molecule has 4 nitrogen and oxygen atoms in total. The number of amides is 1. The Morgan fingerprint density at radius 3 is 2.39 bits per heavy atom. The van der Waals surface area contributed by atoms with Gasteiger partial charge in [-0.1, -0.05) is 41.9 Å². The van der Waals surface area contributed by atoms with E-state index in [-0.39, 0.29) is 23.0 Å². The number of carbonyl (C=O) groups is 1. The third kappa shape index (κ3) is 5.49. The minimum absolute atomic E-state index is 0.0840. The second-order valence-electron chi connectivity index (χ2n) is 9.11. The summed E-state index contributed by atoms with van der Waals surface area (Å²) in [5.74, 6) is 0.413. The van der Waals surface area contributed by atoms with Crippen LogP contribution in [0, 0.1) is 0 Å². The summed E-state index contributed by atoms with van der Waals surface area (Å²) in [7, 11) is 0. The second kappa shape index (κ2) is 8.14. The van der Waals surface area contributed by atoms with Crippen molar-refractivity contribution in [2.24, 2.45) is 0 Å². The van der Waals surface area contributed by atoms with Crippen LogP contribution >= 0.6 is 11.6 Å². The van der Waals surface area contributed by atoms with Gasteiger partial charge in [-0.05, 0) is 51.5 Å². The van der Waals surface area contributed by atoms with Gasteiger partial charge in [-0.15, -0.1) is 0 Å². The van der Waals surface area contributed by atoms with Crippen LogP contribution in [0.1, 0.15) is 56.5 Å². The van der Waals surface area contributed by atoms with E-state index >= 15 is 0 Å². The SMILES string of the molecule is CC1(C)CC(NC(=O)c2cc(Cl)ccc2OCc2ccccc2)CC(C)(C)[NH2+]1. The Bertz CT molecular complexity index is 818. The molecule has 0 saturated carbocycles. The molecule has 0 unspecified atom stereocenters. The van der Waals surface area contributed by atoms with Crippen LogP contribution in [0.4, 0.5) is 0 Å². The predicted molar refractivity (Wildman–Crippen MR) is 113 cm³/mol. The number of hydrogen-bond donors (Lipinski definition) is 2. The number of quaternary nitrogens is 1. The Kier molecular flexibility index (Phi) is 6.01. The molecule has 28 heavy (non-hydrogen) atoms. The standard InChI is InChI=1S/C23H29ClN2O2/c1-22(2)13-18(14-23(3,4)26-22)25-21(27)19-12-17(24)10-11-20(19)28-15-16-8-6-5-7-9-16/h5-12,18,26H,13-15H2,1-4H3,(H,25,27)/p+1.